The number of benzene rings is 1. The van der Waals surface area contributed by atoms with Crippen LogP contribution in [0, 0.1) is 0 Å². The Morgan fingerprint density at radius 2 is 2.18 bits per heavy atom. The maximum absolute atomic E-state index is 11.6. The van der Waals surface area contributed by atoms with Crippen molar-refractivity contribution in [3.8, 4) is 0 Å². The molecule has 1 amide bonds. The summed E-state index contributed by atoms with van der Waals surface area (Å²) >= 11 is 0. The summed E-state index contributed by atoms with van der Waals surface area (Å²) in [4.78, 5) is 15.3. The molecule has 1 aromatic carbocycles. The van der Waals surface area contributed by atoms with E-state index in [4.69, 9.17) is 5.84 Å². The van der Waals surface area contributed by atoms with E-state index < -0.39 is 0 Å². The van der Waals surface area contributed by atoms with Crippen molar-refractivity contribution in [3.63, 3.8) is 0 Å². The van der Waals surface area contributed by atoms with Gasteiger partial charge in [0.2, 0.25) is 5.91 Å². The molecule has 0 saturated carbocycles. The van der Waals surface area contributed by atoms with Crippen LogP contribution in [0.4, 0.5) is 5.69 Å². The van der Waals surface area contributed by atoms with E-state index in [-0.39, 0.29) is 12.1 Å². The number of fused-ring (bicyclic) bond motifs is 1. The van der Waals surface area contributed by atoms with Gasteiger partial charge in [-0.2, -0.15) is 0 Å². The van der Waals surface area contributed by atoms with Gasteiger partial charge in [-0.05, 0) is 31.3 Å². The van der Waals surface area contributed by atoms with Gasteiger partial charge in [-0.15, -0.1) is 0 Å². The lowest BCUT2D eigenvalue weighted by Gasteiger charge is -2.24. The predicted molar refractivity (Wildman–Crippen MR) is 67.3 cm³/mol. The molecule has 3 N–H and O–H groups in total. The van der Waals surface area contributed by atoms with Crippen molar-refractivity contribution in [3.05, 3.63) is 29.3 Å². The number of carbonyl (C=O) groups excluding carboxylic acids is 1. The molecular formula is C12H18N4O. The fourth-order valence-electron chi connectivity index (χ4n) is 2.20. The highest BCUT2D eigenvalue weighted by molar-refractivity contribution is 6.00. The fraction of sp³-hybridized carbons (Fsp3) is 0.417. The Kier molecular flexibility index (Phi) is 3.15. The van der Waals surface area contributed by atoms with Gasteiger partial charge in [0.25, 0.3) is 0 Å². The molecule has 0 aromatic heterocycles. The Morgan fingerprint density at radius 1 is 1.47 bits per heavy atom. The summed E-state index contributed by atoms with van der Waals surface area (Å²) in [7, 11) is 5.71. The average molecular weight is 234 g/mol. The maximum Gasteiger partial charge on any atom is 0.231 e. The van der Waals surface area contributed by atoms with E-state index in [1.54, 1.807) is 11.9 Å². The quantitative estimate of drug-likeness (QED) is 0.446. The van der Waals surface area contributed by atoms with Crippen LogP contribution in [0.1, 0.15) is 17.3 Å². The number of nitrogens with one attached hydrogen (secondary N) is 1. The first-order valence-electron chi connectivity index (χ1n) is 5.56. The first-order valence-corrected chi connectivity index (χ1v) is 5.56. The number of carbonyl (C=O) groups is 1. The van der Waals surface area contributed by atoms with Crippen molar-refractivity contribution in [1.29, 1.82) is 0 Å². The summed E-state index contributed by atoms with van der Waals surface area (Å²) in [6, 6.07) is 6.02. The Morgan fingerprint density at radius 3 is 2.76 bits per heavy atom. The Bertz CT molecular complexity index is 444. The van der Waals surface area contributed by atoms with Crippen molar-refractivity contribution in [2.45, 2.75) is 12.6 Å². The first kappa shape index (κ1) is 12.0. The summed E-state index contributed by atoms with van der Waals surface area (Å²) < 4.78 is 0. The second kappa shape index (κ2) is 4.44. The third-order valence-electron chi connectivity index (χ3n) is 3.17. The van der Waals surface area contributed by atoms with Gasteiger partial charge >= 0.3 is 0 Å². The Labute approximate surface area is 101 Å². The van der Waals surface area contributed by atoms with E-state index in [2.05, 4.69) is 5.43 Å². The monoisotopic (exact) mass is 234 g/mol. The van der Waals surface area contributed by atoms with Crippen molar-refractivity contribution in [2.75, 3.05) is 26.0 Å². The third-order valence-corrected chi connectivity index (χ3v) is 3.17. The van der Waals surface area contributed by atoms with Gasteiger partial charge in [0, 0.05) is 12.7 Å². The molecule has 17 heavy (non-hydrogen) atoms. The van der Waals surface area contributed by atoms with E-state index in [9.17, 15) is 4.79 Å². The molecule has 0 bridgehead atoms. The zero-order valence-corrected chi connectivity index (χ0v) is 10.4. The summed E-state index contributed by atoms with van der Waals surface area (Å²) in [6.07, 6.45) is 0.436. The summed E-state index contributed by atoms with van der Waals surface area (Å²) in [5, 5.41) is 0. The molecule has 1 aromatic rings. The zero-order valence-electron chi connectivity index (χ0n) is 10.4. The van der Waals surface area contributed by atoms with Gasteiger partial charge in [0.15, 0.2) is 0 Å². The van der Waals surface area contributed by atoms with Crippen LogP contribution in [-0.4, -0.2) is 32.0 Å². The topological polar surface area (TPSA) is 61.6 Å². The highest BCUT2D eigenvalue weighted by Gasteiger charge is 2.25. The number of anilines is 1. The molecule has 1 heterocycles. The molecule has 0 fully saturated rings. The van der Waals surface area contributed by atoms with Crippen LogP contribution in [0.25, 0.3) is 0 Å². The van der Waals surface area contributed by atoms with Crippen LogP contribution in [0.5, 0.6) is 0 Å². The van der Waals surface area contributed by atoms with Crippen LogP contribution in [0.3, 0.4) is 0 Å². The lowest BCUT2D eigenvalue weighted by atomic mass is 10.1. The highest BCUT2D eigenvalue weighted by atomic mass is 16.2. The maximum atomic E-state index is 11.6. The smallest absolute Gasteiger partial charge is 0.231 e. The predicted octanol–water partition coefficient (Wildman–Crippen LogP) is 0.229. The van der Waals surface area contributed by atoms with Gasteiger partial charge in [-0.25, -0.2) is 5.43 Å². The van der Waals surface area contributed by atoms with Crippen molar-refractivity contribution in [2.24, 2.45) is 5.84 Å². The molecule has 0 saturated heterocycles. The summed E-state index contributed by atoms with van der Waals surface area (Å²) in [6.45, 7) is 0. The lowest BCUT2D eigenvalue weighted by molar-refractivity contribution is -0.117. The number of likely N-dealkylation sites (N-methyl/N-ethyl adjacent to an activating group) is 1. The highest BCUT2D eigenvalue weighted by Crippen LogP contribution is 2.30. The van der Waals surface area contributed by atoms with Gasteiger partial charge in [0.05, 0.1) is 12.6 Å². The van der Waals surface area contributed by atoms with Crippen LogP contribution < -0.4 is 16.2 Å². The molecule has 5 heteroatoms. The van der Waals surface area contributed by atoms with E-state index in [1.807, 2.05) is 37.2 Å². The SMILES string of the molecule is CN1C(=O)Cc2cc(C(NN)N(C)C)ccc21. The number of amides is 1. The summed E-state index contributed by atoms with van der Waals surface area (Å²) in [5.74, 6) is 5.67. The molecule has 0 spiro atoms. The first-order chi connectivity index (χ1) is 8.04. The molecule has 92 valence electrons. The van der Waals surface area contributed by atoms with E-state index in [0.29, 0.717) is 6.42 Å². The molecular weight excluding hydrogens is 216 g/mol. The van der Waals surface area contributed by atoms with Gasteiger partial charge in [-0.1, -0.05) is 12.1 Å². The van der Waals surface area contributed by atoms with Crippen molar-refractivity contribution >= 4 is 11.6 Å². The number of hydrazine groups is 1. The molecule has 1 aliphatic rings. The molecule has 1 unspecified atom stereocenters. The number of hydrogen-bond acceptors (Lipinski definition) is 4. The number of nitrogens with zero attached hydrogens (tertiary/aromatic N) is 2. The second-order valence-corrected chi connectivity index (χ2v) is 4.55. The normalized spacial score (nSPS) is 16.5. The van der Waals surface area contributed by atoms with Gasteiger partial charge < -0.3 is 4.90 Å². The second-order valence-electron chi connectivity index (χ2n) is 4.55. The molecule has 5 nitrogen and oxygen atoms in total. The Balaban J connectivity index is 2.35. The number of rotatable bonds is 3. The third kappa shape index (κ3) is 2.04. The molecule has 1 aliphatic heterocycles. The zero-order chi connectivity index (χ0) is 12.6. The molecule has 0 radical (unpaired) electrons. The standard InChI is InChI=1S/C12H18N4O/c1-15(2)12(14-13)8-4-5-10-9(6-8)7-11(17)16(10)3/h4-6,12,14H,7,13H2,1-3H3. The molecule has 1 atom stereocenters. The van der Waals surface area contributed by atoms with Crippen molar-refractivity contribution < 1.29 is 4.79 Å². The molecule has 2 rings (SSSR count). The fourth-order valence-corrected chi connectivity index (χ4v) is 2.20. The van der Waals surface area contributed by atoms with Crippen molar-refractivity contribution in [1.82, 2.24) is 10.3 Å². The van der Waals surface area contributed by atoms with Crippen LogP contribution >= 0.6 is 0 Å². The van der Waals surface area contributed by atoms with Crippen LogP contribution in [0.2, 0.25) is 0 Å². The minimum absolute atomic E-state index is 0.0405. The number of hydrogen-bond donors (Lipinski definition) is 2. The van der Waals surface area contributed by atoms with Crippen LogP contribution in [0.15, 0.2) is 18.2 Å². The van der Waals surface area contributed by atoms with Crippen LogP contribution in [-0.2, 0) is 11.2 Å². The molecule has 0 aliphatic carbocycles. The minimum atomic E-state index is -0.0405. The number of nitrogens with two attached hydrogens (primary N) is 1. The van der Waals surface area contributed by atoms with Gasteiger partial charge in [0.1, 0.15) is 0 Å². The Hall–Kier alpha value is -1.43. The van der Waals surface area contributed by atoms with E-state index in [1.165, 1.54) is 0 Å². The summed E-state index contributed by atoms with van der Waals surface area (Å²) in [5.41, 5.74) is 5.89. The lowest BCUT2D eigenvalue weighted by Crippen LogP contribution is -2.37. The van der Waals surface area contributed by atoms with E-state index in [0.717, 1.165) is 16.8 Å². The van der Waals surface area contributed by atoms with Gasteiger partial charge in [-0.3, -0.25) is 15.5 Å². The largest absolute Gasteiger partial charge is 0.315 e. The van der Waals surface area contributed by atoms with E-state index >= 15 is 0 Å². The minimum Gasteiger partial charge on any atom is -0.315 e. The average Bonchev–Trinajstić information content (AvgIpc) is 2.55.